The van der Waals surface area contributed by atoms with Gasteiger partial charge < -0.3 is 0 Å². The van der Waals surface area contributed by atoms with Crippen LogP contribution in [-0.2, 0) is 5.41 Å². The average molecular weight is 466 g/mol. The van der Waals surface area contributed by atoms with Gasteiger partial charge in [0.2, 0.25) is 0 Å². The van der Waals surface area contributed by atoms with Crippen LogP contribution in [0.5, 0.6) is 0 Å². The minimum absolute atomic E-state index is 0.219. The van der Waals surface area contributed by atoms with E-state index in [0.717, 1.165) is 22.3 Å². The monoisotopic (exact) mass is 465 g/mol. The predicted octanol–water partition coefficient (Wildman–Crippen LogP) is 8.48. The van der Waals surface area contributed by atoms with Gasteiger partial charge in [0.15, 0.2) is 11.6 Å². The summed E-state index contributed by atoms with van der Waals surface area (Å²) in [7, 11) is 0. The summed E-state index contributed by atoms with van der Waals surface area (Å²) < 4.78 is 0. The fraction of sp³-hybridized carbons (Fsp3) is 0.121. The van der Waals surface area contributed by atoms with Crippen LogP contribution in [0.25, 0.3) is 55.4 Å². The Bertz CT molecular complexity index is 1710. The summed E-state index contributed by atoms with van der Waals surface area (Å²) in [5.41, 5.74) is 4.19. The van der Waals surface area contributed by atoms with Crippen LogP contribution >= 0.6 is 0 Å². The third-order valence-electron chi connectivity index (χ3n) is 6.56. The largest absolute Gasteiger partial charge is 0.212 e. The molecule has 0 radical (unpaired) electrons. The van der Waals surface area contributed by atoms with Gasteiger partial charge in [-0.2, -0.15) is 0 Å². The maximum atomic E-state index is 5.02. The first kappa shape index (κ1) is 22.1. The van der Waals surface area contributed by atoms with E-state index in [1.165, 1.54) is 27.3 Å². The van der Waals surface area contributed by atoms with Gasteiger partial charge in [-0.1, -0.05) is 118 Å². The zero-order valence-corrected chi connectivity index (χ0v) is 20.7. The van der Waals surface area contributed by atoms with Gasteiger partial charge in [0.1, 0.15) is 5.82 Å². The second-order valence-corrected chi connectivity index (χ2v) is 10.2. The third kappa shape index (κ3) is 4.03. The molecule has 6 aromatic rings. The Hall–Kier alpha value is -4.37. The highest BCUT2D eigenvalue weighted by molar-refractivity contribution is 6.04. The summed E-state index contributed by atoms with van der Waals surface area (Å²) in [4.78, 5) is 14.9. The van der Waals surface area contributed by atoms with Crippen molar-refractivity contribution >= 4 is 21.5 Å². The molecule has 36 heavy (non-hydrogen) atoms. The van der Waals surface area contributed by atoms with Crippen molar-refractivity contribution in [3.05, 3.63) is 115 Å². The molecule has 0 amide bonds. The summed E-state index contributed by atoms with van der Waals surface area (Å²) >= 11 is 0. The highest BCUT2D eigenvalue weighted by atomic mass is 15.0. The number of rotatable bonds is 3. The molecule has 1 heterocycles. The zero-order valence-electron chi connectivity index (χ0n) is 20.7. The van der Waals surface area contributed by atoms with E-state index in [1.807, 2.05) is 6.07 Å². The highest BCUT2D eigenvalue weighted by Crippen LogP contribution is 2.36. The van der Waals surface area contributed by atoms with Crippen molar-refractivity contribution in [2.45, 2.75) is 26.2 Å². The molecule has 0 N–H and O–H groups in total. The van der Waals surface area contributed by atoms with Crippen molar-refractivity contribution in [2.24, 2.45) is 0 Å². The van der Waals surface area contributed by atoms with Gasteiger partial charge in [0.05, 0.1) is 0 Å². The van der Waals surface area contributed by atoms with Gasteiger partial charge in [0, 0.05) is 16.5 Å². The van der Waals surface area contributed by atoms with Gasteiger partial charge in [-0.25, -0.2) is 15.0 Å². The standard InChI is InChI=1S/C33H27N3/c1-33(2,3)32-35-30(25-18-17-22-11-7-8-14-24(22)21-25)34-31(36-32)29-20-19-26(23-12-5-4-6-13-23)27-15-9-10-16-28(27)29/h4-21H,1-3H3. The second-order valence-electron chi connectivity index (χ2n) is 10.2. The van der Waals surface area contributed by atoms with Crippen LogP contribution in [-0.4, -0.2) is 15.0 Å². The lowest BCUT2D eigenvalue weighted by Crippen LogP contribution is -2.18. The quantitative estimate of drug-likeness (QED) is 0.263. The maximum absolute atomic E-state index is 5.02. The van der Waals surface area contributed by atoms with Crippen LogP contribution in [0.1, 0.15) is 26.6 Å². The van der Waals surface area contributed by atoms with Gasteiger partial charge in [-0.15, -0.1) is 0 Å². The van der Waals surface area contributed by atoms with Crippen molar-refractivity contribution in [2.75, 3.05) is 0 Å². The lowest BCUT2D eigenvalue weighted by Gasteiger charge is -2.19. The Morgan fingerprint density at radius 3 is 1.83 bits per heavy atom. The fourth-order valence-electron chi connectivity index (χ4n) is 4.65. The molecule has 0 spiro atoms. The summed E-state index contributed by atoms with van der Waals surface area (Å²) in [6.45, 7) is 6.44. The average Bonchev–Trinajstić information content (AvgIpc) is 2.92. The summed E-state index contributed by atoms with van der Waals surface area (Å²) in [6, 6.07) is 38.1. The van der Waals surface area contributed by atoms with Crippen molar-refractivity contribution in [3.8, 4) is 33.9 Å². The number of aromatic nitrogens is 3. The molecule has 5 aromatic carbocycles. The van der Waals surface area contributed by atoms with Crippen molar-refractivity contribution < 1.29 is 0 Å². The molecule has 0 aliphatic carbocycles. The van der Waals surface area contributed by atoms with Crippen molar-refractivity contribution in [1.29, 1.82) is 0 Å². The van der Waals surface area contributed by atoms with E-state index in [9.17, 15) is 0 Å². The van der Waals surface area contributed by atoms with Gasteiger partial charge >= 0.3 is 0 Å². The lowest BCUT2D eigenvalue weighted by molar-refractivity contribution is 0.543. The van der Waals surface area contributed by atoms with Crippen LogP contribution in [0.4, 0.5) is 0 Å². The van der Waals surface area contributed by atoms with E-state index in [-0.39, 0.29) is 5.41 Å². The van der Waals surface area contributed by atoms with Crippen LogP contribution in [0.2, 0.25) is 0 Å². The molecule has 0 aliphatic heterocycles. The molecular weight excluding hydrogens is 438 g/mol. The molecular formula is C33H27N3. The molecule has 0 atom stereocenters. The van der Waals surface area contributed by atoms with Gasteiger partial charge in [-0.3, -0.25) is 0 Å². The Kier molecular flexibility index (Phi) is 5.34. The molecule has 0 saturated carbocycles. The molecule has 6 rings (SSSR count). The number of nitrogens with zero attached hydrogens (tertiary/aromatic N) is 3. The lowest BCUT2D eigenvalue weighted by atomic mass is 9.93. The molecule has 0 fully saturated rings. The number of hydrogen-bond acceptors (Lipinski definition) is 3. The van der Waals surface area contributed by atoms with E-state index >= 15 is 0 Å². The minimum Gasteiger partial charge on any atom is -0.212 e. The first-order valence-electron chi connectivity index (χ1n) is 12.3. The Morgan fingerprint density at radius 2 is 1.08 bits per heavy atom. The molecule has 0 bridgehead atoms. The van der Waals surface area contributed by atoms with E-state index in [1.54, 1.807) is 0 Å². The number of hydrogen-bond donors (Lipinski definition) is 0. The van der Waals surface area contributed by atoms with Gasteiger partial charge in [0.25, 0.3) is 0 Å². The predicted molar refractivity (Wildman–Crippen MR) is 150 cm³/mol. The molecule has 3 nitrogen and oxygen atoms in total. The molecule has 174 valence electrons. The molecule has 0 unspecified atom stereocenters. The van der Waals surface area contributed by atoms with Crippen LogP contribution in [0, 0.1) is 0 Å². The van der Waals surface area contributed by atoms with E-state index in [0.29, 0.717) is 11.6 Å². The Balaban J connectivity index is 1.58. The van der Waals surface area contributed by atoms with E-state index in [4.69, 9.17) is 15.0 Å². The number of benzene rings is 5. The molecule has 3 heteroatoms. The maximum Gasteiger partial charge on any atom is 0.164 e. The van der Waals surface area contributed by atoms with E-state index in [2.05, 4.69) is 124 Å². The first-order chi connectivity index (χ1) is 17.5. The second kappa shape index (κ2) is 8.69. The van der Waals surface area contributed by atoms with Crippen molar-refractivity contribution in [1.82, 2.24) is 15.0 Å². The Morgan fingerprint density at radius 1 is 0.472 bits per heavy atom. The minimum atomic E-state index is -0.219. The van der Waals surface area contributed by atoms with Crippen LogP contribution < -0.4 is 0 Å². The summed E-state index contributed by atoms with van der Waals surface area (Å²) in [5, 5.41) is 4.70. The smallest absolute Gasteiger partial charge is 0.164 e. The Labute approximate surface area is 211 Å². The summed E-state index contributed by atoms with van der Waals surface area (Å²) in [6.07, 6.45) is 0. The highest BCUT2D eigenvalue weighted by Gasteiger charge is 2.22. The topological polar surface area (TPSA) is 38.7 Å². The zero-order chi connectivity index (χ0) is 24.7. The van der Waals surface area contributed by atoms with Gasteiger partial charge in [-0.05, 0) is 44.8 Å². The van der Waals surface area contributed by atoms with Crippen molar-refractivity contribution in [3.63, 3.8) is 0 Å². The SMILES string of the molecule is CC(C)(C)c1nc(-c2ccc3ccccc3c2)nc(-c2ccc(-c3ccccc3)c3ccccc23)n1. The first-order valence-corrected chi connectivity index (χ1v) is 12.3. The normalized spacial score (nSPS) is 11.8. The third-order valence-corrected chi connectivity index (χ3v) is 6.56. The number of fused-ring (bicyclic) bond motifs is 2. The van der Waals surface area contributed by atoms with Crippen LogP contribution in [0.15, 0.2) is 109 Å². The van der Waals surface area contributed by atoms with E-state index < -0.39 is 0 Å². The molecule has 0 aliphatic rings. The molecule has 0 saturated heterocycles. The van der Waals surface area contributed by atoms with Crippen LogP contribution in [0.3, 0.4) is 0 Å². The fourth-order valence-corrected chi connectivity index (χ4v) is 4.65. The summed E-state index contributed by atoms with van der Waals surface area (Å²) in [5.74, 6) is 2.19. The molecule has 1 aromatic heterocycles.